The highest BCUT2D eigenvalue weighted by Crippen LogP contribution is 2.47. The topological polar surface area (TPSA) is 18.5 Å². The number of hydrogen-bond donors (Lipinski definition) is 0. The third-order valence-corrected chi connectivity index (χ3v) is 5.94. The van der Waals surface area contributed by atoms with Crippen molar-refractivity contribution in [1.82, 2.24) is 0 Å². The van der Waals surface area contributed by atoms with Gasteiger partial charge in [-0.25, -0.2) is 0 Å². The van der Waals surface area contributed by atoms with Gasteiger partial charge in [-0.2, -0.15) is 0 Å². The highest BCUT2D eigenvalue weighted by molar-refractivity contribution is 7.73. The molecule has 0 aromatic rings. The first kappa shape index (κ1) is 29.0. The Balaban J connectivity index is 0. The number of hydrogen-bond acceptors (Lipinski definition) is 2. The highest BCUT2D eigenvalue weighted by atomic mass is 127. The molecule has 0 rings (SSSR count). The molecule has 0 saturated heterocycles. The van der Waals surface area contributed by atoms with Crippen LogP contribution in [0.25, 0.3) is 0 Å². The van der Waals surface area contributed by atoms with E-state index >= 15 is 0 Å². The molecule has 0 amide bonds. The van der Waals surface area contributed by atoms with E-state index < -0.39 is 7.26 Å². The average Bonchev–Trinajstić information content (AvgIpc) is 2.55. The van der Waals surface area contributed by atoms with Crippen LogP contribution in [0.15, 0.2) is 12.2 Å². The van der Waals surface area contributed by atoms with Gasteiger partial charge in [-0.05, 0) is 51.4 Å². The van der Waals surface area contributed by atoms with Gasteiger partial charge in [0, 0.05) is 40.5 Å². The van der Waals surface area contributed by atoms with Gasteiger partial charge in [0.15, 0.2) is 6.29 Å². The fourth-order valence-corrected chi connectivity index (χ4v) is 3.73. The second-order valence-electron chi connectivity index (χ2n) is 8.14. The molecule has 0 N–H and O–H groups in total. The number of allylic oxidation sites excluding steroid dienone is 2. The number of unbranched alkanes of at least 4 members (excludes halogenated alkanes) is 6. The summed E-state index contributed by atoms with van der Waals surface area (Å²) in [5, 5.41) is 0. The van der Waals surface area contributed by atoms with Crippen LogP contribution in [0.4, 0.5) is 0 Å². The molecule has 0 spiro atoms. The molecule has 0 aromatic carbocycles. The molecule has 0 radical (unpaired) electrons. The van der Waals surface area contributed by atoms with Crippen molar-refractivity contribution in [2.45, 2.75) is 90.8 Å². The second-order valence-corrected chi connectivity index (χ2v) is 13.2. The Labute approximate surface area is 182 Å². The van der Waals surface area contributed by atoms with Gasteiger partial charge < -0.3 is 33.5 Å². The lowest BCUT2D eigenvalue weighted by atomic mass is 10.1. The maximum Gasteiger partial charge on any atom is 0.157 e. The van der Waals surface area contributed by atoms with Gasteiger partial charge in [-0.15, -0.1) is 0 Å². The van der Waals surface area contributed by atoms with Crippen molar-refractivity contribution in [2.75, 3.05) is 39.4 Å². The fraction of sp³-hybridized carbons (Fsp3) is 0.909. The van der Waals surface area contributed by atoms with Crippen LogP contribution >= 0.6 is 7.26 Å². The Bertz CT molecular complexity index is 293. The second kappa shape index (κ2) is 20.6. The molecular weight excluding hydrogens is 454 g/mol. The lowest BCUT2D eigenvalue weighted by molar-refractivity contribution is -0.147. The molecule has 0 aliphatic rings. The molecule has 0 fully saturated rings. The van der Waals surface area contributed by atoms with E-state index in [0.717, 1.165) is 32.5 Å². The average molecular weight is 500 g/mol. The van der Waals surface area contributed by atoms with Gasteiger partial charge in [0.25, 0.3) is 0 Å². The largest absolute Gasteiger partial charge is 1.00 e. The van der Waals surface area contributed by atoms with Crippen LogP contribution in [-0.4, -0.2) is 45.7 Å². The Kier molecular flexibility index (Phi) is 22.9. The Morgan fingerprint density at radius 2 is 1.27 bits per heavy atom. The molecule has 4 heteroatoms. The van der Waals surface area contributed by atoms with Crippen molar-refractivity contribution in [1.29, 1.82) is 0 Å². The Morgan fingerprint density at radius 1 is 0.731 bits per heavy atom. The maximum absolute atomic E-state index is 5.89. The molecule has 0 atom stereocenters. The van der Waals surface area contributed by atoms with E-state index in [-0.39, 0.29) is 30.3 Å². The van der Waals surface area contributed by atoms with Crippen molar-refractivity contribution >= 4 is 7.26 Å². The van der Waals surface area contributed by atoms with Gasteiger partial charge in [0.1, 0.15) is 0 Å². The zero-order chi connectivity index (χ0) is 18.8. The molecule has 0 aromatic heterocycles. The molecule has 0 heterocycles. The zero-order valence-corrected chi connectivity index (χ0v) is 21.3. The lowest BCUT2D eigenvalue weighted by Gasteiger charge is -2.18. The quantitative estimate of drug-likeness (QED) is 0.0926. The summed E-state index contributed by atoms with van der Waals surface area (Å²) in [4.78, 5) is 0. The van der Waals surface area contributed by atoms with E-state index in [0.29, 0.717) is 0 Å². The van der Waals surface area contributed by atoms with Crippen molar-refractivity contribution in [3.05, 3.63) is 12.2 Å². The van der Waals surface area contributed by atoms with Gasteiger partial charge in [0.05, 0.1) is 6.16 Å². The zero-order valence-electron chi connectivity index (χ0n) is 18.3. The molecule has 26 heavy (non-hydrogen) atoms. The third kappa shape index (κ3) is 22.9. The monoisotopic (exact) mass is 500 g/mol. The molecule has 158 valence electrons. The minimum absolute atomic E-state index is 0. The summed E-state index contributed by atoms with van der Waals surface area (Å²) in [5.74, 6) is 0. The van der Waals surface area contributed by atoms with Gasteiger partial charge >= 0.3 is 0 Å². The minimum Gasteiger partial charge on any atom is -1.00 e. The fourth-order valence-electron chi connectivity index (χ4n) is 2.60. The molecule has 2 nitrogen and oxygen atoms in total. The van der Waals surface area contributed by atoms with Crippen molar-refractivity contribution in [3.8, 4) is 0 Å². The number of halogens is 1. The van der Waals surface area contributed by atoms with Crippen LogP contribution in [0, 0.1) is 0 Å². The SMILES string of the molecule is CCCCOC(CCCCC/C=C\CCC[P+](C)(C)C)OCCCC.[I-]. The van der Waals surface area contributed by atoms with E-state index in [1.165, 1.54) is 57.5 Å². The Morgan fingerprint density at radius 3 is 1.77 bits per heavy atom. The maximum atomic E-state index is 5.89. The summed E-state index contributed by atoms with van der Waals surface area (Å²) < 4.78 is 11.8. The minimum atomic E-state index is -0.574. The van der Waals surface area contributed by atoms with Gasteiger partial charge in [-0.1, -0.05) is 45.3 Å². The summed E-state index contributed by atoms with van der Waals surface area (Å²) in [6, 6.07) is 0. The normalized spacial score (nSPS) is 12.1. The lowest BCUT2D eigenvalue weighted by Crippen LogP contribution is -3.00. The molecule has 0 unspecified atom stereocenters. The molecular formula is C22H46IO2P. The summed E-state index contributed by atoms with van der Waals surface area (Å²) in [7, 11) is -0.574. The van der Waals surface area contributed by atoms with E-state index in [1.807, 2.05) is 0 Å². The van der Waals surface area contributed by atoms with Crippen LogP contribution in [-0.2, 0) is 9.47 Å². The highest BCUT2D eigenvalue weighted by Gasteiger charge is 2.14. The van der Waals surface area contributed by atoms with E-state index in [4.69, 9.17) is 9.47 Å². The van der Waals surface area contributed by atoms with E-state index in [9.17, 15) is 0 Å². The van der Waals surface area contributed by atoms with Crippen molar-refractivity contribution in [3.63, 3.8) is 0 Å². The smallest absolute Gasteiger partial charge is 0.157 e. The number of ether oxygens (including phenoxy) is 2. The summed E-state index contributed by atoms with van der Waals surface area (Å²) in [6.07, 6.45) is 19.5. The Hall–Kier alpha value is 0.820. The molecule has 0 aliphatic carbocycles. The first-order valence-corrected chi connectivity index (χ1v) is 14.0. The van der Waals surface area contributed by atoms with E-state index in [1.54, 1.807) is 0 Å². The predicted molar refractivity (Wildman–Crippen MR) is 117 cm³/mol. The van der Waals surface area contributed by atoms with Crippen molar-refractivity contribution < 1.29 is 33.5 Å². The first-order valence-electron chi connectivity index (χ1n) is 10.7. The third-order valence-electron chi connectivity index (χ3n) is 4.28. The predicted octanol–water partition coefficient (Wildman–Crippen LogP) is 4.14. The van der Waals surface area contributed by atoms with Gasteiger partial charge in [0.2, 0.25) is 0 Å². The van der Waals surface area contributed by atoms with E-state index in [2.05, 4.69) is 46.0 Å². The molecule has 0 aliphatic heterocycles. The van der Waals surface area contributed by atoms with Crippen LogP contribution in [0.2, 0.25) is 0 Å². The van der Waals surface area contributed by atoms with Crippen LogP contribution in [0.3, 0.4) is 0 Å². The standard InChI is InChI=1S/C22H46O2P.HI/c1-6-8-19-23-22(24-20-9-7-2)18-16-14-12-10-11-13-15-17-21-25(3,4)5;/h11,13,22H,6-10,12,14-21H2,1-5H3;1H/q+1;/p-1/b13-11-;. The molecule has 0 saturated carbocycles. The van der Waals surface area contributed by atoms with Crippen molar-refractivity contribution in [2.24, 2.45) is 0 Å². The van der Waals surface area contributed by atoms with Crippen LogP contribution < -0.4 is 24.0 Å². The first-order chi connectivity index (χ1) is 12.0. The summed E-state index contributed by atoms with van der Waals surface area (Å²) in [5.41, 5.74) is 0. The summed E-state index contributed by atoms with van der Waals surface area (Å²) in [6.45, 7) is 13.4. The van der Waals surface area contributed by atoms with Gasteiger partial charge in [-0.3, -0.25) is 0 Å². The summed E-state index contributed by atoms with van der Waals surface area (Å²) >= 11 is 0. The number of rotatable bonds is 18. The molecule has 0 bridgehead atoms. The van der Waals surface area contributed by atoms with Crippen LogP contribution in [0.5, 0.6) is 0 Å². The van der Waals surface area contributed by atoms with Crippen LogP contribution in [0.1, 0.15) is 84.5 Å².